The Hall–Kier alpha value is -0.610. The molecule has 0 aromatic heterocycles. The highest BCUT2D eigenvalue weighted by molar-refractivity contribution is 5.78. The van der Waals surface area contributed by atoms with Crippen LogP contribution in [0.1, 0.15) is 73.1 Å². The van der Waals surface area contributed by atoms with Gasteiger partial charge in [0.2, 0.25) is 5.91 Å². The summed E-state index contributed by atoms with van der Waals surface area (Å²) in [5.74, 6) is 2.47. The number of hydrogen-bond acceptors (Lipinski definition) is 3. The minimum absolute atomic E-state index is 0.412. The lowest BCUT2D eigenvalue weighted by Gasteiger charge is -2.51. The topological polar surface area (TPSA) is 32.8 Å². The Morgan fingerprint density at radius 3 is 2.42 bits per heavy atom. The molecule has 3 heterocycles. The summed E-state index contributed by atoms with van der Waals surface area (Å²) in [6.45, 7) is 16.3. The highest BCUT2D eigenvalue weighted by Crippen LogP contribution is 2.35. The van der Waals surface area contributed by atoms with E-state index in [-0.39, 0.29) is 0 Å². The lowest BCUT2D eigenvalue weighted by Crippen LogP contribution is -2.60. The van der Waals surface area contributed by atoms with Crippen LogP contribution in [0.3, 0.4) is 0 Å². The molecule has 3 aliphatic rings. The van der Waals surface area contributed by atoms with E-state index in [9.17, 15) is 4.79 Å². The largest absolute Gasteiger partial charge is 0.381 e. The lowest BCUT2D eigenvalue weighted by atomic mass is 9.80. The SMILES string of the molecule is CC.CC[C@H](C(C)C)N1C(=O)CC[C@@H]2CN(CC3CCOCC3)CCC21. The van der Waals surface area contributed by atoms with Crippen LogP contribution in [0.15, 0.2) is 0 Å². The first kappa shape index (κ1) is 21.7. The summed E-state index contributed by atoms with van der Waals surface area (Å²) in [5.41, 5.74) is 0. The third kappa shape index (κ3) is 5.22. The van der Waals surface area contributed by atoms with Gasteiger partial charge >= 0.3 is 0 Å². The molecule has 0 aromatic carbocycles. The number of rotatable bonds is 5. The van der Waals surface area contributed by atoms with Crippen LogP contribution in [-0.2, 0) is 9.53 Å². The Bertz CT molecular complexity index is 420. The second-order valence-corrected chi connectivity index (χ2v) is 8.49. The minimum atomic E-state index is 0.412. The summed E-state index contributed by atoms with van der Waals surface area (Å²) in [4.78, 5) is 17.6. The monoisotopic (exact) mass is 366 g/mol. The van der Waals surface area contributed by atoms with Crippen LogP contribution >= 0.6 is 0 Å². The average molecular weight is 367 g/mol. The molecule has 4 nitrogen and oxygen atoms in total. The molecule has 0 saturated carbocycles. The summed E-state index contributed by atoms with van der Waals surface area (Å²) >= 11 is 0. The van der Waals surface area contributed by atoms with E-state index < -0.39 is 0 Å². The normalized spacial score (nSPS) is 29.2. The van der Waals surface area contributed by atoms with Crippen molar-refractivity contribution in [2.75, 3.05) is 32.8 Å². The number of hydrogen-bond donors (Lipinski definition) is 0. The number of carbonyl (C=O) groups is 1. The van der Waals surface area contributed by atoms with Gasteiger partial charge in [0.05, 0.1) is 0 Å². The number of carbonyl (C=O) groups excluding carboxylic acids is 1. The zero-order chi connectivity index (χ0) is 19.1. The highest BCUT2D eigenvalue weighted by Gasteiger charge is 2.42. The van der Waals surface area contributed by atoms with Gasteiger partial charge < -0.3 is 14.5 Å². The van der Waals surface area contributed by atoms with E-state index in [0.717, 1.165) is 44.9 Å². The number of nitrogens with zero attached hydrogens (tertiary/aromatic N) is 2. The molecule has 0 aliphatic carbocycles. The number of ether oxygens (including phenoxy) is 1. The highest BCUT2D eigenvalue weighted by atomic mass is 16.5. The third-order valence-corrected chi connectivity index (χ3v) is 6.55. The molecule has 3 aliphatic heterocycles. The van der Waals surface area contributed by atoms with E-state index in [1.807, 2.05) is 13.8 Å². The molecular weight excluding hydrogens is 324 g/mol. The van der Waals surface area contributed by atoms with E-state index in [4.69, 9.17) is 4.74 Å². The molecule has 0 bridgehead atoms. The Balaban J connectivity index is 0.00000117. The second kappa shape index (κ2) is 10.7. The van der Waals surface area contributed by atoms with E-state index >= 15 is 0 Å². The van der Waals surface area contributed by atoms with Crippen molar-refractivity contribution in [3.8, 4) is 0 Å². The molecular formula is C22H42N2O2. The van der Waals surface area contributed by atoms with E-state index in [1.54, 1.807) is 0 Å². The minimum Gasteiger partial charge on any atom is -0.381 e. The van der Waals surface area contributed by atoms with Crippen molar-refractivity contribution >= 4 is 5.91 Å². The van der Waals surface area contributed by atoms with Crippen LogP contribution in [0.4, 0.5) is 0 Å². The summed E-state index contributed by atoms with van der Waals surface area (Å²) < 4.78 is 5.50. The number of fused-ring (bicyclic) bond motifs is 1. The van der Waals surface area contributed by atoms with Crippen molar-refractivity contribution in [2.45, 2.75) is 85.2 Å². The van der Waals surface area contributed by atoms with Crippen molar-refractivity contribution in [1.29, 1.82) is 0 Å². The predicted molar refractivity (Wildman–Crippen MR) is 108 cm³/mol. The molecule has 0 N–H and O–H groups in total. The van der Waals surface area contributed by atoms with Crippen LogP contribution in [-0.4, -0.2) is 60.6 Å². The summed E-state index contributed by atoms with van der Waals surface area (Å²) in [6.07, 6.45) is 6.55. The molecule has 26 heavy (non-hydrogen) atoms. The second-order valence-electron chi connectivity index (χ2n) is 8.49. The molecule has 1 amide bonds. The van der Waals surface area contributed by atoms with Gasteiger partial charge in [0, 0.05) is 51.4 Å². The molecule has 3 atom stereocenters. The molecule has 4 heteroatoms. The first-order valence-corrected chi connectivity index (χ1v) is 11.2. The number of likely N-dealkylation sites (tertiary alicyclic amines) is 2. The molecule has 0 aromatic rings. The summed E-state index contributed by atoms with van der Waals surface area (Å²) in [5, 5.41) is 0. The summed E-state index contributed by atoms with van der Waals surface area (Å²) in [6, 6.07) is 0.914. The standard InChI is InChI=1S/C20H36N2O2.C2H6/c1-4-18(15(2)3)22-19-7-10-21(13-16-8-11-24-12-9-16)14-17(19)5-6-20(22)23;1-2/h15-19H,4-14H2,1-3H3;1-2H3/t17-,18-,19?;/m1./s1. The van der Waals surface area contributed by atoms with Crippen molar-refractivity contribution < 1.29 is 9.53 Å². The smallest absolute Gasteiger partial charge is 0.223 e. The van der Waals surface area contributed by atoms with Crippen molar-refractivity contribution in [1.82, 2.24) is 9.80 Å². The fraction of sp³-hybridized carbons (Fsp3) is 0.955. The van der Waals surface area contributed by atoms with Crippen molar-refractivity contribution in [3.63, 3.8) is 0 Å². The molecule has 152 valence electrons. The molecule has 3 rings (SSSR count). The lowest BCUT2D eigenvalue weighted by molar-refractivity contribution is -0.146. The van der Waals surface area contributed by atoms with Crippen LogP contribution in [0.5, 0.6) is 0 Å². The zero-order valence-corrected chi connectivity index (χ0v) is 17.9. The van der Waals surface area contributed by atoms with E-state index in [0.29, 0.717) is 29.8 Å². The van der Waals surface area contributed by atoms with Gasteiger partial charge in [-0.3, -0.25) is 4.79 Å². The Labute approximate surface area is 161 Å². The van der Waals surface area contributed by atoms with Gasteiger partial charge in [-0.25, -0.2) is 0 Å². The first-order chi connectivity index (χ1) is 12.6. The predicted octanol–water partition coefficient (Wildman–Crippen LogP) is 4.19. The van der Waals surface area contributed by atoms with Gasteiger partial charge in [0.25, 0.3) is 0 Å². The van der Waals surface area contributed by atoms with Gasteiger partial charge in [-0.2, -0.15) is 0 Å². The Morgan fingerprint density at radius 2 is 1.81 bits per heavy atom. The fourth-order valence-electron chi connectivity index (χ4n) is 5.25. The maximum absolute atomic E-state index is 12.7. The van der Waals surface area contributed by atoms with Gasteiger partial charge in [-0.15, -0.1) is 0 Å². The summed E-state index contributed by atoms with van der Waals surface area (Å²) in [7, 11) is 0. The van der Waals surface area contributed by atoms with Crippen molar-refractivity contribution in [3.05, 3.63) is 0 Å². The third-order valence-electron chi connectivity index (χ3n) is 6.55. The molecule has 1 unspecified atom stereocenters. The van der Waals surface area contributed by atoms with Crippen LogP contribution in [0.2, 0.25) is 0 Å². The maximum Gasteiger partial charge on any atom is 0.223 e. The molecule has 3 saturated heterocycles. The van der Waals surface area contributed by atoms with Crippen LogP contribution in [0.25, 0.3) is 0 Å². The van der Waals surface area contributed by atoms with Crippen molar-refractivity contribution in [2.24, 2.45) is 17.8 Å². The average Bonchev–Trinajstić information content (AvgIpc) is 2.66. The zero-order valence-electron chi connectivity index (χ0n) is 17.9. The molecule has 3 fully saturated rings. The fourth-order valence-corrected chi connectivity index (χ4v) is 5.25. The quantitative estimate of drug-likeness (QED) is 0.731. The van der Waals surface area contributed by atoms with Gasteiger partial charge in [-0.05, 0) is 49.9 Å². The Morgan fingerprint density at radius 1 is 1.12 bits per heavy atom. The van der Waals surface area contributed by atoms with Gasteiger partial charge in [-0.1, -0.05) is 34.6 Å². The number of amides is 1. The Kier molecular flexibility index (Phi) is 8.89. The van der Waals surface area contributed by atoms with E-state index in [2.05, 4.69) is 30.6 Å². The molecule has 0 radical (unpaired) electrons. The van der Waals surface area contributed by atoms with Crippen LogP contribution < -0.4 is 0 Å². The van der Waals surface area contributed by atoms with E-state index in [1.165, 1.54) is 32.4 Å². The van der Waals surface area contributed by atoms with Crippen LogP contribution in [0, 0.1) is 17.8 Å². The first-order valence-electron chi connectivity index (χ1n) is 11.2. The number of piperidine rings is 2. The maximum atomic E-state index is 12.7. The van der Waals surface area contributed by atoms with Gasteiger partial charge in [0.1, 0.15) is 0 Å². The molecule has 0 spiro atoms. The van der Waals surface area contributed by atoms with Gasteiger partial charge in [0.15, 0.2) is 0 Å².